The largest absolute Gasteiger partial charge is 0.445 e. The van der Waals surface area contributed by atoms with Crippen LogP contribution in [0.5, 0.6) is 0 Å². The first-order chi connectivity index (χ1) is 8.06. The molecular weight excluding hydrogens is 251 g/mol. The molecule has 3 nitrogen and oxygen atoms in total. The van der Waals surface area contributed by atoms with Crippen LogP contribution < -0.4 is 0 Å². The lowest BCUT2D eigenvalue weighted by molar-refractivity contribution is -0.0320. The molecule has 17 heavy (non-hydrogen) atoms. The lowest BCUT2D eigenvalue weighted by atomic mass is 10.4. The van der Waals surface area contributed by atoms with E-state index in [4.69, 9.17) is 0 Å². The number of fused-ring (bicyclic) bond motifs is 1. The van der Waals surface area contributed by atoms with Crippen molar-refractivity contribution in [3.05, 3.63) is 36.0 Å². The van der Waals surface area contributed by atoms with Crippen LogP contribution in [-0.4, -0.2) is 20.3 Å². The zero-order valence-electron chi connectivity index (χ0n) is 8.55. The van der Waals surface area contributed by atoms with Crippen LogP contribution in [0.1, 0.15) is 0 Å². The Labute approximate surface area is 99.3 Å². The number of allylic oxidation sites excluding steroid dienone is 1. The van der Waals surface area contributed by atoms with Crippen molar-refractivity contribution in [3.8, 4) is 0 Å². The van der Waals surface area contributed by atoms with Crippen LogP contribution in [0.4, 0.5) is 13.2 Å². The predicted octanol–water partition coefficient (Wildman–Crippen LogP) is 3.20. The summed E-state index contributed by atoms with van der Waals surface area (Å²) in [7, 11) is 0. The predicted molar refractivity (Wildman–Crippen MR) is 60.3 cm³/mol. The summed E-state index contributed by atoms with van der Waals surface area (Å²) in [6.07, 6.45) is 4.65. The summed E-state index contributed by atoms with van der Waals surface area (Å²) in [5.41, 5.74) is -3.57. The van der Waals surface area contributed by atoms with Gasteiger partial charge in [-0.3, -0.25) is 0 Å². The molecule has 2 aromatic heterocycles. The topological polar surface area (TPSA) is 30.7 Å². The van der Waals surface area contributed by atoms with Crippen LogP contribution >= 0.6 is 11.8 Å². The van der Waals surface area contributed by atoms with E-state index in [1.807, 2.05) is 6.07 Å². The average molecular weight is 259 g/mol. The first-order valence-electron chi connectivity index (χ1n) is 4.72. The second kappa shape index (κ2) is 4.79. The highest BCUT2D eigenvalue weighted by Gasteiger charge is 2.26. The Bertz CT molecular complexity index is 533. The molecule has 0 spiro atoms. The molecule has 0 aliphatic heterocycles. The molecule has 2 rings (SSSR count). The van der Waals surface area contributed by atoms with E-state index >= 15 is 0 Å². The van der Waals surface area contributed by atoms with Gasteiger partial charge in [0, 0.05) is 11.6 Å². The molecule has 0 radical (unpaired) electrons. The molecule has 0 aliphatic carbocycles. The molecule has 0 fully saturated rings. The smallest absolute Gasteiger partial charge is 0.243 e. The van der Waals surface area contributed by atoms with Crippen molar-refractivity contribution in [2.45, 2.75) is 12.1 Å². The Morgan fingerprint density at radius 3 is 3.00 bits per heavy atom. The number of halogens is 3. The summed E-state index contributed by atoms with van der Waals surface area (Å²) in [6.45, 7) is 0.267. The van der Waals surface area contributed by atoms with E-state index in [2.05, 4.69) is 10.1 Å². The maximum Gasteiger partial charge on any atom is 0.445 e. The molecule has 2 heterocycles. The molecule has 0 unspecified atom stereocenters. The third kappa shape index (κ3) is 3.23. The van der Waals surface area contributed by atoms with Gasteiger partial charge in [0.15, 0.2) is 5.65 Å². The fourth-order valence-electron chi connectivity index (χ4n) is 1.31. The lowest BCUT2D eigenvalue weighted by Gasteiger charge is -2.00. The van der Waals surface area contributed by atoms with E-state index in [0.717, 1.165) is 10.8 Å². The van der Waals surface area contributed by atoms with Gasteiger partial charge in [-0.15, -0.1) is 0 Å². The van der Waals surface area contributed by atoms with Crippen LogP contribution in [-0.2, 0) is 6.54 Å². The highest BCUT2D eigenvalue weighted by atomic mass is 32.2. The SMILES string of the molecule is FC(F)(F)S/C=C/Cn1ncc2cccnc21. The van der Waals surface area contributed by atoms with Crippen LogP contribution in [0.3, 0.4) is 0 Å². The number of nitrogens with zero attached hydrogens (tertiary/aromatic N) is 3. The molecule has 0 amide bonds. The minimum atomic E-state index is -4.24. The van der Waals surface area contributed by atoms with Crippen molar-refractivity contribution < 1.29 is 13.2 Å². The van der Waals surface area contributed by atoms with E-state index in [9.17, 15) is 13.2 Å². The minimum Gasteiger partial charge on any atom is -0.243 e. The highest BCUT2D eigenvalue weighted by molar-refractivity contribution is 8.02. The Hall–Kier alpha value is -1.50. The van der Waals surface area contributed by atoms with Crippen molar-refractivity contribution in [1.82, 2.24) is 14.8 Å². The van der Waals surface area contributed by atoms with Gasteiger partial charge in [0.25, 0.3) is 0 Å². The maximum absolute atomic E-state index is 11.9. The molecule has 7 heteroatoms. The number of aromatic nitrogens is 3. The van der Waals surface area contributed by atoms with Crippen molar-refractivity contribution >= 4 is 22.8 Å². The summed E-state index contributed by atoms with van der Waals surface area (Å²) < 4.78 is 37.1. The van der Waals surface area contributed by atoms with Gasteiger partial charge in [-0.1, -0.05) is 6.08 Å². The molecule has 90 valence electrons. The van der Waals surface area contributed by atoms with E-state index < -0.39 is 5.51 Å². The molecule has 0 bridgehead atoms. The van der Waals surface area contributed by atoms with Crippen LogP contribution in [0, 0.1) is 0 Å². The second-order valence-electron chi connectivity index (χ2n) is 3.18. The Morgan fingerprint density at radius 1 is 1.41 bits per heavy atom. The standard InChI is InChI=1S/C10H8F3N3S/c11-10(12,13)17-6-2-5-16-9-8(7-15-16)3-1-4-14-9/h1-4,6-7H,5H2/b6-2+. The molecule has 0 aromatic carbocycles. The van der Waals surface area contributed by atoms with Crippen molar-refractivity contribution in [2.75, 3.05) is 0 Å². The molecular formula is C10H8F3N3S. The van der Waals surface area contributed by atoms with Crippen LogP contribution in [0.25, 0.3) is 11.0 Å². The van der Waals surface area contributed by atoms with Crippen molar-refractivity contribution in [3.63, 3.8) is 0 Å². The van der Waals surface area contributed by atoms with Gasteiger partial charge in [-0.25, -0.2) is 9.67 Å². The molecule has 0 N–H and O–H groups in total. The third-order valence-electron chi connectivity index (χ3n) is 1.97. The van der Waals surface area contributed by atoms with Gasteiger partial charge in [0.05, 0.1) is 12.7 Å². The van der Waals surface area contributed by atoms with Gasteiger partial charge < -0.3 is 0 Å². The summed E-state index contributed by atoms with van der Waals surface area (Å²) in [6, 6.07) is 3.63. The first kappa shape index (κ1) is 12.0. The summed E-state index contributed by atoms with van der Waals surface area (Å²) in [5.74, 6) is 0. The second-order valence-corrected chi connectivity index (χ2v) is 4.15. The van der Waals surface area contributed by atoms with Crippen molar-refractivity contribution in [1.29, 1.82) is 0 Å². The van der Waals surface area contributed by atoms with Gasteiger partial charge in [0.1, 0.15) is 0 Å². The van der Waals surface area contributed by atoms with Gasteiger partial charge in [-0.05, 0) is 29.3 Å². The fraction of sp³-hybridized carbons (Fsp3) is 0.200. The monoisotopic (exact) mass is 259 g/mol. The lowest BCUT2D eigenvalue weighted by Crippen LogP contribution is -1.99. The summed E-state index contributed by atoms with van der Waals surface area (Å²) >= 11 is -0.181. The number of alkyl halides is 3. The normalized spacial score (nSPS) is 12.6. The number of hydrogen-bond acceptors (Lipinski definition) is 3. The van der Waals surface area contributed by atoms with Gasteiger partial charge in [0.2, 0.25) is 0 Å². The van der Waals surface area contributed by atoms with Crippen LogP contribution in [0.15, 0.2) is 36.0 Å². The average Bonchev–Trinajstić information content (AvgIpc) is 2.67. The Morgan fingerprint density at radius 2 is 2.24 bits per heavy atom. The quantitative estimate of drug-likeness (QED) is 0.848. The number of rotatable bonds is 3. The molecule has 0 saturated carbocycles. The zero-order chi connectivity index (χ0) is 12.3. The minimum absolute atomic E-state index is 0.181. The molecule has 0 atom stereocenters. The zero-order valence-corrected chi connectivity index (χ0v) is 9.37. The Kier molecular flexibility index (Phi) is 3.37. The van der Waals surface area contributed by atoms with Crippen molar-refractivity contribution in [2.24, 2.45) is 0 Å². The van der Waals surface area contributed by atoms with Gasteiger partial charge >= 0.3 is 5.51 Å². The van der Waals surface area contributed by atoms with Gasteiger partial charge in [-0.2, -0.15) is 18.3 Å². The highest BCUT2D eigenvalue weighted by Crippen LogP contribution is 2.30. The van der Waals surface area contributed by atoms with E-state index in [-0.39, 0.29) is 18.3 Å². The first-order valence-corrected chi connectivity index (χ1v) is 5.60. The molecule has 0 aliphatic rings. The summed E-state index contributed by atoms with van der Waals surface area (Å²) in [4.78, 5) is 4.11. The fourth-order valence-corrected chi connectivity index (χ4v) is 1.65. The number of thioether (sulfide) groups is 1. The summed E-state index contributed by atoms with van der Waals surface area (Å²) in [5, 5.41) is 5.92. The number of hydrogen-bond donors (Lipinski definition) is 0. The number of pyridine rings is 1. The third-order valence-corrected chi connectivity index (χ3v) is 2.57. The van der Waals surface area contributed by atoms with E-state index in [1.165, 1.54) is 6.08 Å². The molecule has 0 saturated heterocycles. The van der Waals surface area contributed by atoms with E-state index in [1.54, 1.807) is 23.1 Å². The molecule has 2 aromatic rings. The van der Waals surface area contributed by atoms with E-state index in [0.29, 0.717) is 5.65 Å². The Balaban J connectivity index is 2.04. The maximum atomic E-state index is 11.9. The van der Waals surface area contributed by atoms with Crippen LogP contribution in [0.2, 0.25) is 0 Å².